The normalized spacial score (nSPS) is 12.6. The Morgan fingerprint density at radius 2 is 0.534 bits per heavy atom. The van der Waals surface area contributed by atoms with E-state index in [1.165, 1.54) is 141 Å². The van der Waals surface area contributed by atoms with Crippen molar-refractivity contribution in [1.82, 2.24) is 0 Å². The van der Waals surface area contributed by atoms with Crippen molar-refractivity contribution in [3.63, 3.8) is 0 Å². The van der Waals surface area contributed by atoms with Gasteiger partial charge < -0.3 is 14.2 Å². The first-order valence-corrected chi connectivity index (χ1v) is 31.1. The highest BCUT2D eigenvalue weighted by atomic mass is 16.6. The second-order valence-corrected chi connectivity index (χ2v) is 20.6. The molecule has 0 saturated heterocycles. The van der Waals surface area contributed by atoms with E-state index < -0.39 is 6.10 Å². The summed E-state index contributed by atoms with van der Waals surface area (Å²) < 4.78 is 16.9. The van der Waals surface area contributed by atoms with Crippen LogP contribution in [0.2, 0.25) is 0 Å². The molecule has 0 fully saturated rings. The number of carbonyl (C=O) groups excluding carboxylic acids is 3. The maximum atomic E-state index is 12.9. The van der Waals surface area contributed by atoms with Gasteiger partial charge in [-0.25, -0.2) is 0 Å². The minimum atomic E-state index is -0.794. The largest absolute Gasteiger partial charge is 0.462 e. The van der Waals surface area contributed by atoms with Gasteiger partial charge in [0.05, 0.1) is 0 Å². The molecule has 0 aromatic carbocycles. The summed E-state index contributed by atoms with van der Waals surface area (Å²) in [5.41, 5.74) is 0. The molecule has 0 bridgehead atoms. The van der Waals surface area contributed by atoms with Gasteiger partial charge in [-0.1, -0.05) is 279 Å². The van der Waals surface area contributed by atoms with Crippen LogP contribution in [0.4, 0.5) is 0 Å². The second-order valence-electron chi connectivity index (χ2n) is 20.6. The van der Waals surface area contributed by atoms with E-state index in [2.05, 4.69) is 106 Å². The first kappa shape index (κ1) is 69.6. The summed E-state index contributed by atoms with van der Waals surface area (Å²) in [6, 6.07) is 0. The SMILES string of the molecule is CC/C=C\C/C=C\C/C=C\C/C=C\CCCCCCC(=O)OC(COC(=O)CCCCCCCCC/C=C\C/C=C\C/C=C\CC)COC(=O)CCCCCCCCCCCCCCCCCCCCCCC. The molecule has 420 valence electrons. The van der Waals surface area contributed by atoms with Gasteiger partial charge in [0.25, 0.3) is 0 Å². The van der Waals surface area contributed by atoms with Gasteiger partial charge in [-0.3, -0.25) is 14.4 Å². The van der Waals surface area contributed by atoms with Crippen molar-refractivity contribution in [2.24, 2.45) is 0 Å². The van der Waals surface area contributed by atoms with Gasteiger partial charge in [-0.2, -0.15) is 0 Å². The van der Waals surface area contributed by atoms with Gasteiger partial charge >= 0.3 is 17.9 Å². The Morgan fingerprint density at radius 1 is 0.288 bits per heavy atom. The molecular weight excluding hydrogens is 901 g/mol. The van der Waals surface area contributed by atoms with Crippen LogP contribution in [0, 0.1) is 0 Å². The lowest BCUT2D eigenvalue weighted by Crippen LogP contribution is -2.30. The van der Waals surface area contributed by atoms with Crippen molar-refractivity contribution in [2.45, 2.75) is 309 Å². The van der Waals surface area contributed by atoms with Crippen LogP contribution >= 0.6 is 0 Å². The molecule has 0 aliphatic carbocycles. The molecule has 6 nitrogen and oxygen atoms in total. The van der Waals surface area contributed by atoms with Crippen LogP contribution in [0.25, 0.3) is 0 Å². The molecule has 1 atom stereocenters. The molecule has 0 saturated carbocycles. The highest BCUT2D eigenvalue weighted by Crippen LogP contribution is 2.17. The highest BCUT2D eigenvalue weighted by Gasteiger charge is 2.19. The van der Waals surface area contributed by atoms with Crippen molar-refractivity contribution in [3.8, 4) is 0 Å². The first-order chi connectivity index (χ1) is 36.0. The zero-order valence-corrected chi connectivity index (χ0v) is 48.1. The average molecular weight is 1020 g/mol. The Kier molecular flexibility index (Phi) is 58.3. The van der Waals surface area contributed by atoms with Crippen LogP contribution in [0.5, 0.6) is 0 Å². The number of unbranched alkanes of at least 4 members (excludes halogenated alkanes) is 31. The molecule has 0 aliphatic heterocycles. The Balaban J connectivity index is 4.39. The van der Waals surface area contributed by atoms with Crippen LogP contribution in [0.1, 0.15) is 303 Å². The monoisotopic (exact) mass is 1020 g/mol. The molecular formula is C67H116O6. The van der Waals surface area contributed by atoms with Crippen molar-refractivity contribution in [1.29, 1.82) is 0 Å². The van der Waals surface area contributed by atoms with Gasteiger partial charge in [0.15, 0.2) is 6.10 Å². The van der Waals surface area contributed by atoms with Gasteiger partial charge in [0, 0.05) is 19.3 Å². The minimum Gasteiger partial charge on any atom is -0.462 e. The smallest absolute Gasteiger partial charge is 0.306 e. The summed E-state index contributed by atoms with van der Waals surface area (Å²) >= 11 is 0. The Labute approximate surface area is 452 Å². The fourth-order valence-corrected chi connectivity index (χ4v) is 8.80. The van der Waals surface area contributed by atoms with Crippen LogP contribution in [-0.2, 0) is 28.6 Å². The number of ether oxygens (including phenoxy) is 3. The van der Waals surface area contributed by atoms with E-state index in [1.54, 1.807) is 0 Å². The first-order valence-electron chi connectivity index (χ1n) is 31.1. The lowest BCUT2D eigenvalue weighted by molar-refractivity contribution is -0.167. The van der Waals surface area contributed by atoms with Gasteiger partial charge in [-0.05, 0) is 89.9 Å². The average Bonchev–Trinajstić information content (AvgIpc) is 3.39. The second kappa shape index (κ2) is 61.1. The minimum absolute atomic E-state index is 0.0875. The zero-order valence-electron chi connectivity index (χ0n) is 48.1. The molecule has 0 aliphatic rings. The molecule has 0 heterocycles. The molecule has 0 amide bonds. The molecule has 73 heavy (non-hydrogen) atoms. The summed E-state index contributed by atoms with van der Waals surface area (Å²) in [6.45, 7) is 6.42. The molecule has 0 N–H and O–H groups in total. The molecule has 0 radical (unpaired) electrons. The molecule has 0 aromatic heterocycles. The summed E-state index contributed by atoms with van der Waals surface area (Å²) in [4.78, 5) is 38.3. The molecule has 0 spiro atoms. The van der Waals surface area contributed by atoms with Crippen LogP contribution in [-0.4, -0.2) is 37.2 Å². The summed E-state index contributed by atoms with van der Waals surface area (Å²) in [5, 5.41) is 0. The van der Waals surface area contributed by atoms with Crippen molar-refractivity contribution in [3.05, 3.63) is 85.1 Å². The van der Waals surface area contributed by atoms with E-state index >= 15 is 0 Å². The summed E-state index contributed by atoms with van der Waals surface area (Å²) in [6.07, 6.45) is 80.1. The number of carbonyl (C=O) groups is 3. The van der Waals surface area contributed by atoms with Gasteiger partial charge in [0.1, 0.15) is 13.2 Å². The van der Waals surface area contributed by atoms with Gasteiger partial charge in [-0.15, -0.1) is 0 Å². The molecule has 0 aromatic rings. The third kappa shape index (κ3) is 59.3. The van der Waals surface area contributed by atoms with E-state index in [4.69, 9.17) is 14.2 Å². The molecule has 6 heteroatoms. The Bertz CT molecular complexity index is 1400. The fourth-order valence-electron chi connectivity index (χ4n) is 8.80. The lowest BCUT2D eigenvalue weighted by Gasteiger charge is -2.18. The predicted molar refractivity (Wildman–Crippen MR) is 316 cm³/mol. The van der Waals surface area contributed by atoms with Crippen LogP contribution < -0.4 is 0 Å². The van der Waals surface area contributed by atoms with E-state index in [1.807, 2.05) is 0 Å². The molecule has 1 unspecified atom stereocenters. The van der Waals surface area contributed by atoms with E-state index in [0.717, 1.165) is 122 Å². The lowest BCUT2D eigenvalue weighted by atomic mass is 10.0. The van der Waals surface area contributed by atoms with Crippen molar-refractivity contribution in [2.75, 3.05) is 13.2 Å². The summed E-state index contributed by atoms with van der Waals surface area (Å²) in [5.74, 6) is -0.909. The Morgan fingerprint density at radius 3 is 0.836 bits per heavy atom. The number of allylic oxidation sites excluding steroid dienone is 14. The number of hydrogen-bond acceptors (Lipinski definition) is 6. The zero-order chi connectivity index (χ0) is 52.9. The number of esters is 3. The summed E-state index contributed by atoms with van der Waals surface area (Å²) in [7, 11) is 0. The maximum absolute atomic E-state index is 12.9. The number of hydrogen-bond donors (Lipinski definition) is 0. The Hall–Kier alpha value is -3.41. The van der Waals surface area contributed by atoms with E-state index in [9.17, 15) is 14.4 Å². The topological polar surface area (TPSA) is 78.9 Å². The quantitative estimate of drug-likeness (QED) is 0.0261. The third-order valence-electron chi connectivity index (χ3n) is 13.4. The highest BCUT2D eigenvalue weighted by molar-refractivity contribution is 5.71. The predicted octanol–water partition coefficient (Wildman–Crippen LogP) is 21.1. The van der Waals surface area contributed by atoms with E-state index in [0.29, 0.717) is 19.3 Å². The van der Waals surface area contributed by atoms with E-state index in [-0.39, 0.29) is 31.1 Å². The van der Waals surface area contributed by atoms with Crippen LogP contribution in [0.15, 0.2) is 85.1 Å². The van der Waals surface area contributed by atoms with Crippen LogP contribution in [0.3, 0.4) is 0 Å². The number of rotatable bonds is 56. The van der Waals surface area contributed by atoms with Crippen molar-refractivity contribution >= 4 is 17.9 Å². The molecule has 0 rings (SSSR count). The third-order valence-corrected chi connectivity index (χ3v) is 13.4. The fraction of sp³-hybridized carbons (Fsp3) is 0.746. The van der Waals surface area contributed by atoms with Gasteiger partial charge in [0.2, 0.25) is 0 Å². The maximum Gasteiger partial charge on any atom is 0.306 e. The standard InChI is InChI=1S/C67H116O6/c1-4-7-10-13-16-19-22-25-28-31-32-33-34-37-39-42-45-48-51-54-57-60-66(69)72-63-64(73-67(70)61-58-55-52-49-46-43-40-36-30-27-24-21-18-15-12-9-6-3)62-71-65(68)59-56-53-50-47-44-41-38-35-29-26-23-20-17-14-11-8-5-2/h8-9,11-12,17-18,20-21,26-27,29-30,40,43,64H,4-7,10,13-16,19,22-25,28,31-39,41-42,44-63H2,1-3H3/b11-8-,12-9-,20-17-,21-18-,29-26-,30-27-,43-40-. The van der Waals surface area contributed by atoms with Crippen molar-refractivity contribution < 1.29 is 28.6 Å².